The van der Waals surface area contributed by atoms with Crippen molar-refractivity contribution in [2.75, 3.05) is 0 Å². The number of hydrogen-bond donors (Lipinski definition) is 0. The van der Waals surface area contributed by atoms with E-state index in [-0.39, 0.29) is 0 Å². The zero-order valence-electron chi connectivity index (χ0n) is 32.9. The molecular weight excluding hydrogens is 739 g/mol. The molecule has 0 aliphatic carbocycles. The van der Waals surface area contributed by atoms with Crippen LogP contribution in [0.4, 0.5) is 0 Å². The summed E-state index contributed by atoms with van der Waals surface area (Å²) in [5.41, 5.74) is 13.4. The Morgan fingerprint density at radius 3 is 1.33 bits per heavy atom. The lowest BCUT2D eigenvalue weighted by Gasteiger charge is -2.14. The van der Waals surface area contributed by atoms with E-state index in [1.165, 1.54) is 131 Å². The topological polar surface area (TPSA) is 14.3 Å². The number of hydrogen-bond acceptors (Lipinski definition) is 0. The number of para-hydroxylation sites is 4. The number of fused-ring (bicyclic) bond motifs is 12. The molecule has 61 heavy (non-hydrogen) atoms. The van der Waals surface area contributed by atoms with Crippen LogP contribution >= 0.6 is 0 Å². The van der Waals surface area contributed by atoms with Gasteiger partial charge in [0.1, 0.15) is 0 Å². The SMILES string of the molecule is c1cc2ccc3cc(-n4c5ccccc5c5cc(-c6ccc7c(c6)c6ccccc6n7-c6ccc7c8cccc9c%10ccccc%10n(c7c6)c98)ccc54)cc4ccc(c1)c2c34. The summed E-state index contributed by atoms with van der Waals surface area (Å²) in [4.78, 5) is 0. The van der Waals surface area contributed by atoms with Gasteiger partial charge in [0.05, 0.1) is 38.6 Å². The van der Waals surface area contributed by atoms with E-state index in [0.29, 0.717) is 0 Å². The Labute approximate surface area is 348 Å². The Kier molecular flexibility index (Phi) is 5.90. The monoisotopic (exact) mass is 771 g/mol. The molecule has 0 bridgehead atoms. The lowest BCUT2D eigenvalue weighted by Crippen LogP contribution is -1.95. The summed E-state index contributed by atoms with van der Waals surface area (Å²) >= 11 is 0. The minimum absolute atomic E-state index is 1.16. The molecule has 0 atom stereocenters. The quantitative estimate of drug-likeness (QED) is 0.159. The van der Waals surface area contributed by atoms with Gasteiger partial charge in [-0.25, -0.2) is 0 Å². The van der Waals surface area contributed by atoms with E-state index in [2.05, 4.69) is 214 Å². The Morgan fingerprint density at radius 1 is 0.246 bits per heavy atom. The van der Waals surface area contributed by atoms with Crippen molar-refractivity contribution in [3.05, 3.63) is 200 Å². The maximum atomic E-state index is 2.47. The third kappa shape index (κ3) is 4.08. The Morgan fingerprint density at radius 2 is 0.705 bits per heavy atom. The third-order valence-corrected chi connectivity index (χ3v) is 13.8. The fourth-order valence-corrected chi connectivity index (χ4v) is 11.3. The van der Waals surface area contributed by atoms with Crippen molar-refractivity contribution in [2.45, 2.75) is 0 Å². The molecule has 0 spiro atoms. The van der Waals surface area contributed by atoms with Crippen LogP contribution in [0.3, 0.4) is 0 Å². The van der Waals surface area contributed by atoms with Crippen LogP contribution in [0.5, 0.6) is 0 Å². The van der Waals surface area contributed by atoms with E-state index >= 15 is 0 Å². The van der Waals surface area contributed by atoms with Gasteiger partial charge in [-0.1, -0.05) is 133 Å². The summed E-state index contributed by atoms with van der Waals surface area (Å²) in [6.45, 7) is 0. The first-order valence-electron chi connectivity index (χ1n) is 21.2. The van der Waals surface area contributed by atoms with Gasteiger partial charge in [0.25, 0.3) is 0 Å². The zero-order chi connectivity index (χ0) is 39.5. The number of aromatic nitrogens is 3. The van der Waals surface area contributed by atoms with Gasteiger partial charge in [0.2, 0.25) is 0 Å². The number of rotatable bonds is 3. The maximum Gasteiger partial charge on any atom is 0.0620 e. The van der Waals surface area contributed by atoms with E-state index < -0.39 is 0 Å². The first-order chi connectivity index (χ1) is 30.2. The van der Waals surface area contributed by atoms with Gasteiger partial charge in [-0.05, 0) is 110 Å². The number of benzene rings is 11. The third-order valence-electron chi connectivity index (χ3n) is 13.8. The molecule has 280 valence electrons. The first-order valence-corrected chi connectivity index (χ1v) is 21.2. The number of nitrogens with zero attached hydrogens (tertiary/aromatic N) is 3. The van der Waals surface area contributed by atoms with Crippen LogP contribution in [0, 0.1) is 0 Å². The van der Waals surface area contributed by atoms with Crippen LogP contribution in [0.1, 0.15) is 0 Å². The average molecular weight is 772 g/mol. The summed E-state index contributed by atoms with van der Waals surface area (Å²) < 4.78 is 7.38. The van der Waals surface area contributed by atoms with E-state index in [1.807, 2.05) is 0 Å². The molecule has 0 saturated carbocycles. The van der Waals surface area contributed by atoms with E-state index in [0.717, 1.165) is 5.69 Å². The van der Waals surface area contributed by atoms with Crippen molar-refractivity contribution in [3.8, 4) is 22.5 Å². The van der Waals surface area contributed by atoms with Gasteiger partial charge < -0.3 is 13.5 Å². The van der Waals surface area contributed by atoms with Crippen molar-refractivity contribution in [2.24, 2.45) is 0 Å². The molecular formula is C58H33N3. The second kappa shape index (κ2) is 11.3. The molecule has 0 saturated heterocycles. The minimum Gasteiger partial charge on any atom is -0.309 e. The van der Waals surface area contributed by atoms with Crippen LogP contribution in [0.2, 0.25) is 0 Å². The van der Waals surface area contributed by atoms with Crippen molar-refractivity contribution in [1.82, 2.24) is 13.5 Å². The molecule has 0 radical (unpaired) electrons. The van der Waals surface area contributed by atoms with Gasteiger partial charge >= 0.3 is 0 Å². The van der Waals surface area contributed by atoms with E-state index in [1.54, 1.807) is 0 Å². The average Bonchev–Trinajstić information content (AvgIpc) is 4.04. The molecule has 4 heterocycles. The molecule has 15 rings (SSSR count). The molecule has 0 fully saturated rings. The summed E-state index contributed by atoms with van der Waals surface area (Å²) in [5.74, 6) is 0. The fraction of sp³-hybridized carbons (Fsp3) is 0. The standard InChI is InChI=1S/C58H33N3/c1-6-18-52-42(11-1)46-14-8-15-47-45-26-25-40(33-55(45)61(52)58(46)47)59-50-16-4-2-12-43(50)48-31-36(23-27-53(48)59)37-24-28-54-49(32-37)44-13-3-5-17-51(44)60(54)41-29-38-21-19-34-9-7-10-35-20-22-39(30-41)57(38)56(34)35/h1-33H. The summed E-state index contributed by atoms with van der Waals surface area (Å²) in [5, 5.41) is 18.0. The summed E-state index contributed by atoms with van der Waals surface area (Å²) in [6.07, 6.45) is 0. The summed E-state index contributed by atoms with van der Waals surface area (Å²) in [6, 6.07) is 74.8. The van der Waals surface area contributed by atoms with Crippen LogP contribution < -0.4 is 0 Å². The normalized spacial score (nSPS) is 12.6. The molecule has 0 aliphatic rings. The van der Waals surface area contributed by atoms with Crippen molar-refractivity contribution < 1.29 is 0 Å². The van der Waals surface area contributed by atoms with Gasteiger partial charge in [-0.2, -0.15) is 0 Å². The molecule has 3 nitrogen and oxygen atoms in total. The predicted octanol–water partition coefficient (Wildman–Crippen LogP) is 15.6. The molecule has 0 N–H and O–H groups in total. The highest BCUT2D eigenvalue weighted by atomic mass is 15.0. The highest BCUT2D eigenvalue weighted by Gasteiger charge is 2.20. The Hall–Kier alpha value is -8.14. The van der Waals surface area contributed by atoms with Crippen LogP contribution in [-0.4, -0.2) is 13.5 Å². The van der Waals surface area contributed by atoms with Gasteiger partial charge in [0, 0.05) is 54.5 Å². The van der Waals surface area contributed by atoms with E-state index in [4.69, 9.17) is 0 Å². The Balaban J connectivity index is 0.909. The molecule has 11 aromatic carbocycles. The molecule has 15 aromatic rings. The first kappa shape index (κ1) is 31.8. The molecule has 0 amide bonds. The van der Waals surface area contributed by atoms with Gasteiger partial charge in [-0.15, -0.1) is 0 Å². The smallest absolute Gasteiger partial charge is 0.0620 e. The maximum absolute atomic E-state index is 2.47. The van der Waals surface area contributed by atoms with Crippen molar-refractivity contribution in [3.63, 3.8) is 0 Å². The largest absolute Gasteiger partial charge is 0.309 e. The lowest BCUT2D eigenvalue weighted by molar-refractivity contribution is 1.18. The minimum atomic E-state index is 1.16. The van der Waals surface area contributed by atoms with Crippen molar-refractivity contribution in [1.29, 1.82) is 0 Å². The van der Waals surface area contributed by atoms with Crippen LogP contribution in [0.25, 0.3) is 137 Å². The van der Waals surface area contributed by atoms with Crippen molar-refractivity contribution >= 4 is 114 Å². The highest BCUT2D eigenvalue weighted by molar-refractivity contribution is 6.25. The zero-order valence-corrected chi connectivity index (χ0v) is 32.9. The fourth-order valence-electron chi connectivity index (χ4n) is 11.3. The van der Waals surface area contributed by atoms with Gasteiger partial charge in [0.15, 0.2) is 0 Å². The van der Waals surface area contributed by atoms with E-state index in [9.17, 15) is 0 Å². The Bertz CT molecular complexity index is 4280. The lowest BCUT2D eigenvalue weighted by atomic mass is 9.94. The van der Waals surface area contributed by atoms with Gasteiger partial charge in [-0.3, -0.25) is 0 Å². The molecule has 0 unspecified atom stereocenters. The second-order valence-corrected chi connectivity index (χ2v) is 16.9. The van der Waals surface area contributed by atoms with Crippen LogP contribution in [0.15, 0.2) is 200 Å². The predicted molar refractivity (Wildman–Crippen MR) is 259 cm³/mol. The molecule has 4 aromatic heterocycles. The molecule has 3 heteroatoms. The van der Waals surface area contributed by atoms with Crippen LogP contribution in [-0.2, 0) is 0 Å². The summed E-state index contributed by atoms with van der Waals surface area (Å²) in [7, 11) is 0. The highest BCUT2D eigenvalue weighted by Crippen LogP contribution is 2.43. The molecule has 0 aliphatic heterocycles. The second-order valence-electron chi connectivity index (χ2n) is 16.9.